The summed E-state index contributed by atoms with van der Waals surface area (Å²) in [7, 11) is 1.67. The van der Waals surface area contributed by atoms with Gasteiger partial charge in [-0.05, 0) is 46.4 Å². The number of nitrogens with one attached hydrogen (secondary N) is 1. The van der Waals surface area contributed by atoms with E-state index >= 15 is 0 Å². The Labute approximate surface area is 214 Å². The summed E-state index contributed by atoms with van der Waals surface area (Å²) in [5.41, 5.74) is 2.18. The zero-order valence-corrected chi connectivity index (χ0v) is 21.6. The molecule has 1 saturated heterocycles. The lowest BCUT2D eigenvalue weighted by molar-refractivity contribution is -0.137. The first-order valence-corrected chi connectivity index (χ1v) is 12.8. The molecule has 1 fully saturated rings. The molecule has 6 heteroatoms. The van der Waals surface area contributed by atoms with Crippen molar-refractivity contribution in [2.24, 2.45) is 5.92 Å². The molecule has 3 aromatic rings. The summed E-state index contributed by atoms with van der Waals surface area (Å²) in [4.78, 5) is 30.7. The lowest BCUT2D eigenvalue weighted by atomic mass is 10.0. The number of carbonyl (C=O) groups is 2. The highest BCUT2D eigenvalue weighted by molar-refractivity contribution is 5.89. The molecule has 0 bridgehead atoms. The van der Waals surface area contributed by atoms with Gasteiger partial charge >= 0.3 is 0 Å². The Balaban J connectivity index is 1.33. The van der Waals surface area contributed by atoms with Crippen LogP contribution >= 0.6 is 0 Å². The standard InChI is InChI=1S/C30H37N3O3/c1-22(2)29(31-28(34)20-24-9-12-25-7-4-5-8-26(25)19-24)30(35)33-16-6-15-32(17-18-33)21-23-10-13-27(36-3)14-11-23/h4-5,7-14,19,22,29H,6,15-18,20-21H2,1-3H3,(H,31,34). The summed E-state index contributed by atoms with van der Waals surface area (Å²) < 4.78 is 5.25. The number of amides is 2. The maximum Gasteiger partial charge on any atom is 0.245 e. The van der Waals surface area contributed by atoms with Gasteiger partial charge in [0, 0.05) is 32.7 Å². The predicted octanol–water partition coefficient (Wildman–Crippen LogP) is 4.27. The van der Waals surface area contributed by atoms with Crippen LogP contribution < -0.4 is 10.1 Å². The average molecular weight is 488 g/mol. The van der Waals surface area contributed by atoms with Crippen molar-refractivity contribution in [2.45, 2.75) is 39.3 Å². The van der Waals surface area contributed by atoms with Crippen molar-refractivity contribution in [3.63, 3.8) is 0 Å². The molecule has 1 N–H and O–H groups in total. The highest BCUT2D eigenvalue weighted by Crippen LogP contribution is 2.18. The van der Waals surface area contributed by atoms with Gasteiger partial charge in [-0.1, -0.05) is 68.4 Å². The molecule has 1 heterocycles. The summed E-state index contributed by atoms with van der Waals surface area (Å²) in [5.74, 6) is 0.766. The molecule has 36 heavy (non-hydrogen) atoms. The molecular formula is C30H37N3O3. The van der Waals surface area contributed by atoms with Crippen LogP contribution in [0.3, 0.4) is 0 Å². The number of benzene rings is 3. The van der Waals surface area contributed by atoms with Crippen molar-refractivity contribution in [3.8, 4) is 5.75 Å². The largest absolute Gasteiger partial charge is 0.497 e. The van der Waals surface area contributed by atoms with Crippen LogP contribution in [-0.2, 0) is 22.6 Å². The minimum absolute atomic E-state index is 0.0108. The highest BCUT2D eigenvalue weighted by Gasteiger charge is 2.29. The number of nitrogens with zero attached hydrogens (tertiary/aromatic N) is 2. The molecule has 6 nitrogen and oxygen atoms in total. The molecule has 1 aliphatic heterocycles. The SMILES string of the molecule is COc1ccc(CN2CCCN(C(=O)C(NC(=O)Cc3ccc4ccccc4c3)C(C)C)CC2)cc1. The fourth-order valence-corrected chi connectivity index (χ4v) is 4.81. The molecule has 1 aliphatic rings. The molecule has 3 aromatic carbocycles. The van der Waals surface area contributed by atoms with Crippen molar-refractivity contribution in [1.82, 2.24) is 15.1 Å². The normalized spacial score (nSPS) is 15.5. The zero-order valence-electron chi connectivity index (χ0n) is 21.6. The quantitative estimate of drug-likeness (QED) is 0.516. The molecule has 1 unspecified atom stereocenters. The van der Waals surface area contributed by atoms with Gasteiger partial charge in [0.1, 0.15) is 11.8 Å². The van der Waals surface area contributed by atoms with Crippen LogP contribution in [0.25, 0.3) is 10.8 Å². The summed E-state index contributed by atoms with van der Waals surface area (Å²) in [6.07, 6.45) is 1.18. The Morgan fingerprint density at radius 3 is 2.33 bits per heavy atom. The van der Waals surface area contributed by atoms with Crippen molar-refractivity contribution in [1.29, 1.82) is 0 Å². The molecule has 0 saturated carbocycles. The Kier molecular flexibility index (Phi) is 8.60. The summed E-state index contributed by atoms with van der Waals surface area (Å²) in [6, 6.07) is 21.8. The third-order valence-corrected chi connectivity index (χ3v) is 6.89. The molecule has 0 aromatic heterocycles. The van der Waals surface area contributed by atoms with Crippen molar-refractivity contribution in [3.05, 3.63) is 77.9 Å². The Bertz CT molecular complexity index is 1180. The van der Waals surface area contributed by atoms with Crippen LogP contribution in [0, 0.1) is 5.92 Å². The lowest BCUT2D eigenvalue weighted by Gasteiger charge is -2.29. The third-order valence-electron chi connectivity index (χ3n) is 6.89. The highest BCUT2D eigenvalue weighted by atomic mass is 16.5. The van der Waals surface area contributed by atoms with Crippen LogP contribution in [0.4, 0.5) is 0 Å². The molecule has 190 valence electrons. The number of ether oxygens (including phenoxy) is 1. The first-order valence-electron chi connectivity index (χ1n) is 12.8. The van der Waals surface area contributed by atoms with E-state index in [-0.39, 0.29) is 24.2 Å². The number of hydrogen-bond acceptors (Lipinski definition) is 4. The number of fused-ring (bicyclic) bond motifs is 1. The van der Waals surface area contributed by atoms with E-state index in [0.717, 1.165) is 48.1 Å². The van der Waals surface area contributed by atoms with Crippen LogP contribution in [-0.4, -0.2) is 60.9 Å². The van der Waals surface area contributed by atoms with E-state index in [1.54, 1.807) is 7.11 Å². The predicted molar refractivity (Wildman–Crippen MR) is 144 cm³/mol. The van der Waals surface area contributed by atoms with Crippen LogP contribution in [0.5, 0.6) is 5.75 Å². The second-order valence-corrected chi connectivity index (χ2v) is 9.95. The summed E-state index contributed by atoms with van der Waals surface area (Å²) >= 11 is 0. The van der Waals surface area contributed by atoms with E-state index in [4.69, 9.17) is 4.74 Å². The van der Waals surface area contributed by atoms with Crippen LogP contribution in [0.15, 0.2) is 66.7 Å². The van der Waals surface area contributed by atoms with Gasteiger partial charge in [-0.25, -0.2) is 0 Å². The molecule has 1 atom stereocenters. The first kappa shape index (κ1) is 25.7. The van der Waals surface area contributed by atoms with E-state index in [9.17, 15) is 9.59 Å². The van der Waals surface area contributed by atoms with Crippen molar-refractivity contribution >= 4 is 22.6 Å². The second kappa shape index (κ2) is 12.0. The smallest absolute Gasteiger partial charge is 0.245 e. The van der Waals surface area contributed by atoms with E-state index in [0.29, 0.717) is 13.1 Å². The van der Waals surface area contributed by atoms with Gasteiger partial charge in [0.05, 0.1) is 13.5 Å². The zero-order chi connectivity index (χ0) is 25.5. The Morgan fingerprint density at radius 2 is 1.61 bits per heavy atom. The molecule has 2 amide bonds. The number of rotatable bonds is 8. The maximum absolute atomic E-state index is 13.5. The average Bonchev–Trinajstić information content (AvgIpc) is 3.12. The van der Waals surface area contributed by atoms with Gasteiger partial charge in [-0.2, -0.15) is 0 Å². The third kappa shape index (κ3) is 6.64. The Morgan fingerprint density at radius 1 is 0.889 bits per heavy atom. The van der Waals surface area contributed by atoms with Gasteiger partial charge in [0.25, 0.3) is 0 Å². The van der Waals surface area contributed by atoms with Gasteiger partial charge < -0.3 is 15.0 Å². The molecule has 0 aliphatic carbocycles. The fraction of sp³-hybridized carbons (Fsp3) is 0.400. The maximum atomic E-state index is 13.5. The fourth-order valence-electron chi connectivity index (χ4n) is 4.81. The molecule has 4 rings (SSSR count). The van der Waals surface area contributed by atoms with E-state index in [1.807, 2.05) is 61.2 Å². The molecule has 0 spiro atoms. The Hall–Kier alpha value is -3.38. The van der Waals surface area contributed by atoms with Gasteiger partial charge in [0.2, 0.25) is 11.8 Å². The van der Waals surface area contributed by atoms with Crippen molar-refractivity contribution in [2.75, 3.05) is 33.3 Å². The van der Waals surface area contributed by atoms with E-state index in [2.05, 4.69) is 34.5 Å². The summed E-state index contributed by atoms with van der Waals surface area (Å²) in [6.45, 7) is 7.96. The minimum Gasteiger partial charge on any atom is -0.497 e. The minimum atomic E-state index is -0.522. The van der Waals surface area contributed by atoms with Crippen molar-refractivity contribution < 1.29 is 14.3 Å². The number of carbonyl (C=O) groups excluding carboxylic acids is 2. The van der Waals surface area contributed by atoms with Gasteiger partial charge in [0.15, 0.2) is 0 Å². The van der Waals surface area contributed by atoms with E-state index in [1.165, 1.54) is 5.56 Å². The van der Waals surface area contributed by atoms with Gasteiger partial charge in [-0.3, -0.25) is 14.5 Å². The first-order chi connectivity index (χ1) is 17.4. The second-order valence-electron chi connectivity index (χ2n) is 9.95. The summed E-state index contributed by atoms with van der Waals surface area (Å²) in [5, 5.41) is 5.30. The van der Waals surface area contributed by atoms with Crippen LogP contribution in [0.2, 0.25) is 0 Å². The topological polar surface area (TPSA) is 61.9 Å². The molecule has 0 radical (unpaired) electrons. The monoisotopic (exact) mass is 487 g/mol. The lowest BCUT2D eigenvalue weighted by Crippen LogP contribution is -2.52. The van der Waals surface area contributed by atoms with Gasteiger partial charge in [-0.15, -0.1) is 0 Å². The number of methoxy groups -OCH3 is 1. The molecular weight excluding hydrogens is 450 g/mol. The van der Waals surface area contributed by atoms with Crippen LogP contribution in [0.1, 0.15) is 31.4 Å². The number of hydrogen-bond donors (Lipinski definition) is 1. The van der Waals surface area contributed by atoms with E-state index < -0.39 is 6.04 Å².